The van der Waals surface area contributed by atoms with Gasteiger partial charge in [0.1, 0.15) is 0 Å². The summed E-state index contributed by atoms with van der Waals surface area (Å²) in [6.45, 7) is 2.86. The van der Waals surface area contributed by atoms with Crippen LogP contribution in [0.4, 0.5) is 0 Å². The van der Waals surface area contributed by atoms with Gasteiger partial charge in [0.25, 0.3) is 0 Å². The first kappa shape index (κ1) is 17.4. The maximum absolute atomic E-state index is 12.3. The zero-order chi connectivity index (χ0) is 17.8. The number of nitrogens with one attached hydrogen (secondary N) is 1. The van der Waals surface area contributed by atoms with Gasteiger partial charge in [-0.2, -0.15) is 0 Å². The highest BCUT2D eigenvalue weighted by Gasteiger charge is 2.46. The summed E-state index contributed by atoms with van der Waals surface area (Å²) < 4.78 is 0. The molecule has 1 aromatic rings. The Morgan fingerprint density at radius 2 is 1.68 bits per heavy atom. The maximum atomic E-state index is 12.3. The van der Waals surface area contributed by atoms with Gasteiger partial charge in [0, 0.05) is 19.5 Å². The van der Waals surface area contributed by atoms with Crippen LogP contribution >= 0.6 is 0 Å². The fourth-order valence-corrected chi connectivity index (χ4v) is 3.48. The van der Waals surface area contributed by atoms with E-state index in [0.717, 1.165) is 5.56 Å². The van der Waals surface area contributed by atoms with E-state index in [1.807, 2.05) is 43.3 Å². The third kappa shape index (κ3) is 3.98. The molecule has 1 N–H and O–H groups in total. The van der Waals surface area contributed by atoms with Crippen molar-refractivity contribution in [2.75, 3.05) is 6.54 Å². The van der Waals surface area contributed by atoms with Crippen LogP contribution in [0.25, 0.3) is 0 Å². The van der Waals surface area contributed by atoms with Gasteiger partial charge in [0.05, 0.1) is 11.8 Å². The number of amides is 3. The van der Waals surface area contributed by atoms with Crippen molar-refractivity contribution in [2.24, 2.45) is 11.8 Å². The lowest BCUT2D eigenvalue weighted by Crippen LogP contribution is -2.33. The molecule has 1 aromatic carbocycles. The summed E-state index contributed by atoms with van der Waals surface area (Å²) in [6, 6.07) is 8.01. The summed E-state index contributed by atoms with van der Waals surface area (Å²) in [5, 5.41) is 2.88. The number of nitrogens with zero attached hydrogens (tertiary/aromatic N) is 1. The molecule has 2 atom stereocenters. The van der Waals surface area contributed by atoms with E-state index in [9.17, 15) is 14.4 Å². The molecule has 0 unspecified atom stereocenters. The van der Waals surface area contributed by atoms with Crippen LogP contribution in [0.5, 0.6) is 0 Å². The minimum atomic E-state index is -0.187. The highest BCUT2D eigenvalue weighted by atomic mass is 16.2. The van der Waals surface area contributed by atoms with Crippen LogP contribution in [0.3, 0.4) is 0 Å². The molecule has 1 fully saturated rings. The first-order valence-corrected chi connectivity index (χ1v) is 8.88. The molecule has 0 bridgehead atoms. The lowest BCUT2D eigenvalue weighted by atomic mass is 9.85. The lowest BCUT2D eigenvalue weighted by Gasteiger charge is -2.14. The predicted molar refractivity (Wildman–Crippen MR) is 94.3 cm³/mol. The number of hydrogen-bond acceptors (Lipinski definition) is 3. The summed E-state index contributed by atoms with van der Waals surface area (Å²) in [4.78, 5) is 38.0. The van der Waals surface area contributed by atoms with E-state index in [1.54, 1.807) is 0 Å². The number of carbonyl (C=O) groups is 3. The topological polar surface area (TPSA) is 66.5 Å². The largest absolute Gasteiger partial charge is 0.352 e. The molecule has 0 saturated carbocycles. The van der Waals surface area contributed by atoms with Gasteiger partial charge >= 0.3 is 0 Å². The van der Waals surface area contributed by atoms with E-state index in [4.69, 9.17) is 0 Å². The molecule has 1 saturated heterocycles. The van der Waals surface area contributed by atoms with E-state index in [1.165, 1.54) is 10.5 Å². The van der Waals surface area contributed by atoms with Crippen LogP contribution in [-0.2, 0) is 20.9 Å². The Labute approximate surface area is 148 Å². The Morgan fingerprint density at radius 3 is 2.28 bits per heavy atom. The smallest absolute Gasteiger partial charge is 0.233 e. The van der Waals surface area contributed by atoms with E-state index >= 15 is 0 Å². The number of allylic oxidation sites excluding steroid dienone is 2. The molecule has 0 aromatic heterocycles. The van der Waals surface area contributed by atoms with Crippen LogP contribution in [0, 0.1) is 18.8 Å². The second kappa shape index (κ2) is 7.64. The SMILES string of the molecule is Cc1ccc(CNC(=O)CCCN2C(=O)[C@H]3CC=CC[C@@H]3C2=O)cc1. The van der Waals surface area contributed by atoms with E-state index in [2.05, 4.69) is 5.32 Å². The lowest BCUT2D eigenvalue weighted by molar-refractivity contribution is -0.140. The number of imide groups is 1. The molecule has 0 spiro atoms. The van der Waals surface area contributed by atoms with Crippen LogP contribution in [0.15, 0.2) is 36.4 Å². The molecule has 5 nitrogen and oxygen atoms in total. The van der Waals surface area contributed by atoms with Gasteiger partial charge in [-0.25, -0.2) is 0 Å². The zero-order valence-corrected chi connectivity index (χ0v) is 14.5. The number of hydrogen-bond donors (Lipinski definition) is 1. The van der Waals surface area contributed by atoms with E-state index in [0.29, 0.717) is 38.8 Å². The van der Waals surface area contributed by atoms with Crippen molar-refractivity contribution in [2.45, 2.75) is 39.2 Å². The summed E-state index contributed by atoms with van der Waals surface area (Å²) in [5.74, 6) is -0.571. The number of benzene rings is 1. The average Bonchev–Trinajstić information content (AvgIpc) is 2.86. The minimum absolute atomic E-state index is 0.0567. The van der Waals surface area contributed by atoms with Gasteiger partial charge in [0.2, 0.25) is 17.7 Å². The number of fused-ring (bicyclic) bond motifs is 1. The molecule has 5 heteroatoms. The van der Waals surface area contributed by atoms with Gasteiger partial charge < -0.3 is 5.32 Å². The Kier molecular flexibility index (Phi) is 5.31. The molecule has 3 rings (SSSR count). The molecule has 1 heterocycles. The van der Waals surface area contributed by atoms with Gasteiger partial charge in [0.15, 0.2) is 0 Å². The Bertz CT molecular complexity index is 667. The number of carbonyl (C=O) groups excluding carboxylic acids is 3. The standard InChI is InChI=1S/C20H24N2O3/c1-14-8-10-15(11-9-14)13-21-18(23)7-4-12-22-19(24)16-5-2-3-6-17(16)20(22)25/h2-3,8-11,16-17H,4-7,12-13H2,1H3,(H,21,23)/t16-,17-/m0/s1. The Balaban J connectivity index is 1.42. The fraction of sp³-hybridized carbons (Fsp3) is 0.450. The van der Waals surface area contributed by atoms with Crippen molar-refractivity contribution in [3.63, 3.8) is 0 Å². The first-order chi connectivity index (χ1) is 12.1. The quantitative estimate of drug-likeness (QED) is 0.638. The third-order valence-corrected chi connectivity index (χ3v) is 4.99. The van der Waals surface area contributed by atoms with Crippen LogP contribution < -0.4 is 5.32 Å². The Morgan fingerprint density at radius 1 is 1.08 bits per heavy atom. The predicted octanol–water partition coefficient (Wildman–Crippen LogP) is 2.34. The van der Waals surface area contributed by atoms with Crippen molar-refractivity contribution in [3.05, 3.63) is 47.5 Å². The van der Waals surface area contributed by atoms with Crippen LogP contribution in [0.2, 0.25) is 0 Å². The molecule has 132 valence electrons. The summed E-state index contributed by atoms with van der Waals surface area (Å²) in [5.41, 5.74) is 2.24. The van der Waals surface area contributed by atoms with Gasteiger partial charge in [-0.3, -0.25) is 19.3 Å². The highest BCUT2D eigenvalue weighted by molar-refractivity contribution is 6.05. The van der Waals surface area contributed by atoms with Crippen molar-refractivity contribution >= 4 is 17.7 Å². The number of likely N-dealkylation sites (tertiary alicyclic amines) is 1. The number of aryl methyl sites for hydroxylation is 1. The summed E-state index contributed by atoms with van der Waals surface area (Å²) in [7, 11) is 0. The second-order valence-electron chi connectivity index (χ2n) is 6.85. The van der Waals surface area contributed by atoms with Crippen molar-refractivity contribution in [3.8, 4) is 0 Å². The molecule has 0 radical (unpaired) electrons. The number of rotatable bonds is 6. The van der Waals surface area contributed by atoms with Gasteiger partial charge in [-0.1, -0.05) is 42.0 Å². The minimum Gasteiger partial charge on any atom is -0.352 e. The van der Waals surface area contributed by atoms with Gasteiger partial charge in [-0.15, -0.1) is 0 Å². The van der Waals surface area contributed by atoms with Crippen molar-refractivity contribution in [1.29, 1.82) is 0 Å². The normalized spacial score (nSPS) is 22.2. The molecule has 2 aliphatic rings. The van der Waals surface area contributed by atoms with E-state index in [-0.39, 0.29) is 29.6 Å². The molecular weight excluding hydrogens is 316 g/mol. The highest BCUT2D eigenvalue weighted by Crippen LogP contribution is 2.35. The monoisotopic (exact) mass is 340 g/mol. The molecule has 1 aliphatic carbocycles. The summed E-state index contributed by atoms with van der Waals surface area (Å²) >= 11 is 0. The Hall–Kier alpha value is -2.43. The molecule has 25 heavy (non-hydrogen) atoms. The van der Waals surface area contributed by atoms with Crippen LogP contribution in [-0.4, -0.2) is 29.2 Å². The maximum Gasteiger partial charge on any atom is 0.233 e. The average molecular weight is 340 g/mol. The molecule has 1 aliphatic heterocycles. The van der Waals surface area contributed by atoms with Gasteiger partial charge in [-0.05, 0) is 31.7 Å². The van der Waals surface area contributed by atoms with Crippen LogP contribution in [0.1, 0.15) is 36.8 Å². The zero-order valence-electron chi connectivity index (χ0n) is 14.5. The fourth-order valence-electron chi connectivity index (χ4n) is 3.48. The van der Waals surface area contributed by atoms with Crippen molar-refractivity contribution < 1.29 is 14.4 Å². The third-order valence-electron chi connectivity index (χ3n) is 4.99. The first-order valence-electron chi connectivity index (χ1n) is 8.88. The second-order valence-corrected chi connectivity index (χ2v) is 6.85. The molecular formula is C20H24N2O3. The summed E-state index contributed by atoms with van der Waals surface area (Å²) in [6.07, 6.45) is 6.09. The molecule has 3 amide bonds. The van der Waals surface area contributed by atoms with Crippen molar-refractivity contribution in [1.82, 2.24) is 10.2 Å². The van der Waals surface area contributed by atoms with E-state index < -0.39 is 0 Å².